The molecule has 0 N–H and O–H groups in total. The van der Waals surface area contributed by atoms with Crippen molar-refractivity contribution in [2.45, 2.75) is 50.9 Å². The zero-order valence-corrected chi connectivity index (χ0v) is 16.3. The topological polar surface area (TPSA) is 66.9 Å². The quantitative estimate of drug-likeness (QED) is 0.752. The first-order valence-electron chi connectivity index (χ1n) is 10.0. The van der Waals surface area contributed by atoms with Crippen LogP contribution >= 0.6 is 0 Å². The molecule has 1 atom stereocenters. The first-order valence-corrected chi connectivity index (χ1v) is 10.0. The molecule has 3 aliphatic rings. The molecule has 6 heteroatoms. The van der Waals surface area contributed by atoms with E-state index in [1.165, 1.54) is 4.90 Å². The smallest absolute Gasteiger partial charge is 0.354 e. The normalized spacial score (nSPS) is 23.1. The predicted octanol–water partition coefficient (Wildman–Crippen LogP) is 3.18. The highest BCUT2D eigenvalue weighted by Crippen LogP contribution is 2.49. The van der Waals surface area contributed by atoms with Gasteiger partial charge in [-0.25, -0.2) is 4.79 Å². The number of carbonyl (C=O) groups is 3. The van der Waals surface area contributed by atoms with Gasteiger partial charge in [-0.2, -0.15) is 0 Å². The summed E-state index contributed by atoms with van der Waals surface area (Å²) >= 11 is 0. The summed E-state index contributed by atoms with van der Waals surface area (Å²) < 4.78 is 5.71. The van der Waals surface area contributed by atoms with E-state index in [2.05, 4.69) is 0 Å². The van der Waals surface area contributed by atoms with Crippen molar-refractivity contribution < 1.29 is 19.1 Å². The second-order valence-corrected chi connectivity index (χ2v) is 8.03. The third-order valence-corrected chi connectivity index (χ3v) is 6.03. The van der Waals surface area contributed by atoms with Crippen molar-refractivity contribution in [3.8, 4) is 0 Å². The summed E-state index contributed by atoms with van der Waals surface area (Å²) in [5.41, 5.74) is 1.59. The van der Waals surface area contributed by atoms with Crippen molar-refractivity contribution in [2.24, 2.45) is 0 Å². The van der Waals surface area contributed by atoms with Crippen LogP contribution in [0, 0.1) is 6.92 Å². The number of aryl methyl sites for hydroxylation is 1. The van der Waals surface area contributed by atoms with Crippen molar-refractivity contribution in [1.29, 1.82) is 0 Å². The Hall–Kier alpha value is -3.15. The number of carbonyl (C=O) groups excluding carboxylic acids is 3. The van der Waals surface area contributed by atoms with Crippen LogP contribution < -0.4 is 4.90 Å². The molecule has 0 aromatic heterocycles. The van der Waals surface area contributed by atoms with Gasteiger partial charge in [0.05, 0.1) is 11.3 Å². The molecule has 6 nitrogen and oxygen atoms in total. The maximum Gasteiger partial charge on any atom is 0.354 e. The van der Waals surface area contributed by atoms with Crippen molar-refractivity contribution in [3.05, 3.63) is 65.2 Å². The standard InChI is InChI=1S/C23H22N2O4/c1-15-6-8-16(9-7-15)14-29-22(28)23-13-12-20(26)25(23)19-5-3-2-4-18(19)21(27)24(23)17-10-11-17/h2-9,17H,10-14H2,1H3/t23-/m0/s1. The van der Waals surface area contributed by atoms with Gasteiger partial charge in [0.25, 0.3) is 5.91 Å². The third kappa shape index (κ3) is 2.66. The van der Waals surface area contributed by atoms with Gasteiger partial charge < -0.3 is 9.64 Å². The van der Waals surface area contributed by atoms with Gasteiger partial charge in [0, 0.05) is 18.9 Å². The van der Waals surface area contributed by atoms with Crippen LogP contribution in [0.5, 0.6) is 0 Å². The van der Waals surface area contributed by atoms with Crippen LogP contribution in [-0.4, -0.2) is 34.4 Å². The van der Waals surface area contributed by atoms with Gasteiger partial charge in [-0.3, -0.25) is 14.5 Å². The Morgan fingerprint density at radius 1 is 1.10 bits per heavy atom. The molecule has 1 saturated heterocycles. The molecule has 2 amide bonds. The number of para-hydroxylation sites is 1. The summed E-state index contributed by atoms with van der Waals surface area (Å²) in [5, 5.41) is 0. The molecule has 29 heavy (non-hydrogen) atoms. The van der Waals surface area contributed by atoms with E-state index in [0.717, 1.165) is 24.0 Å². The summed E-state index contributed by atoms with van der Waals surface area (Å²) in [6, 6.07) is 14.8. The number of hydrogen-bond acceptors (Lipinski definition) is 4. The molecule has 2 aromatic carbocycles. The Morgan fingerprint density at radius 3 is 2.55 bits per heavy atom. The van der Waals surface area contributed by atoms with Crippen LogP contribution in [0.15, 0.2) is 48.5 Å². The largest absolute Gasteiger partial charge is 0.458 e. The Kier molecular flexibility index (Phi) is 3.98. The molecule has 5 rings (SSSR count). The molecule has 0 spiro atoms. The molecule has 2 heterocycles. The van der Waals surface area contributed by atoms with Crippen LogP contribution in [0.3, 0.4) is 0 Å². The molecule has 2 aliphatic heterocycles. The lowest BCUT2D eigenvalue weighted by molar-refractivity contribution is -0.159. The average molecular weight is 390 g/mol. The fourth-order valence-electron chi connectivity index (χ4n) is 4.46. The summed E-state index contributed by atoms with van der Waals surface area (Å²) in [4.78, 5) is 42.8. The van der Waals surface area contributed by atoms with Crippen LogP contribution in [0.25, 0.3) is 0 Å². The zero-order valence-electron chi connectivity index (χ0n) is 16.3. The summed E-state index contributed by atoms with van der Waals surface area (Å²) in [7, 11) is 0. The van der Waals surface area contributed by atoms with E-state index >= 15 is 0 Å². The number of benzene rings is 2. The maximum absolute atomic E-state index is 13.5. The molecule has 148 valence electrons. The highest BCUT2D eigenvalue weighted by atomic mass is 16.5. The van der Waals surface area contributed by atoms with Crippen LogP contribution in [0.2, 0.25) is 0 Å². The van der Waals surface area contributed by atoms with E-state index < -0.39 is 11.6 Å². The number of hydrogen-bond donors (Lipinski definition) is 0. The lowest BCUT2D eigenvalue weighted by Gasteiger charge is -2.48. The Balaban J connectivity index is 1.54. The third-order valence-electron chi connectivity index (χ3n) is 6.03. The van der Waals surface area contributed by atoms with Gasteiger partial charge in [0.15, 0.2) is 0 Å². The lowest BCUT2D eigenvalue weighted by atomic mass is 9.96. The van der Waals surface area contributed by atoms with Crippen molar-refractivity contribution in [1.82, 2.24) is 4.90 Å². The molecule has 2 aromatic rings. The molecule has 2 fully saturated rings. The Labute approximate surface area is 169 Å². The van der Waals surface area contributed by atoms with Crippen molar-refractivity contribution >= 4 is 23.5 Å². The zero-order chi connectivity index (χ0) is 20.2. The van der Waals surface area contributed by atoms with E-state index in [1.54, 1.807) is 29.2 Å². The molecule has 0 bridgehead atoms. The first-order chi connectivity index (χ1) is 14.0. The van der Waals surface area contributed by atoms with Gasteiger partial charge >= 0.3 is 5.97 Å². The molecule has 1 saturated carbocycles. The van der Waals surface area contributed by atoms with Gasteiger partial charge in [-0.1, -0.05) is 42.0 Å². The maximum atomic E-state index is 13.5. The van der Waals surface area contributed by atoms with E-state index in [1.807, 2.05) is 31.2 Å². The number of fused-ring (bicyclic) bond motifs is 3. The number of amides is 2. The highest BCUT2D eigenvalue weighted by Gasteiger charge is 2.64. The van der Waals surface area contributed by atoms with E-state index in [9.17, 15) is 14.4 Å². The summed E-state index contributed by atoms with van der Waals surface area (Å²) in [6.07, 6.45) is 2.14. The molecule has 0 unspecified atom stereocenters. The van der Waals surface area contributed by atoms with Gasteiger partial charge in [0.1, 0.15) is 6.61 Å². The van der Waals surface area contributed by atoms with Gasteiger partial charge in [0.2, 0.25) is 11.6 Å². The Morgan fingerprint density at radius 2 is 1.83 bits per heavy atom. The second kappa shape index (κ2) is 6.44. The second-order valence-electron chi connectivity index (χ2n) is 8.03. The highest BCUT2D eigenvalue weighted by molar-refractivity contribution is 6.15. The minimum Gasteiger partial charge on any atom is -0.458 e. The lowest BCUT2D eigenvalue weighted by Crippen LogP contribution is -2.69. The summed E-state index contributed by atoms with van der Waals surface area (Å²) in [5.74, 6) is -0.872. The average Bonchev–Trinajstić information content (AvgIpc) is 3.50. The molecule has 1 aliphatic carbocycles. The SMILES string of the molecule is Cc1ccc(COC(=O)[C@]23CCC(=O)N2c2ccccc2C(=O)N3C2CC2)cc1. The minimum absolute atomic E-state index is 0.0313. The van der Waals surface area contributed by atoms with Crippen molar-refractivity contribution in [3.63, 3.8) is 0 Å². The Bertz CT molecular complexity index is 1010. The summed E-state index contributed by atoms with van der Waals surface area (Å²) in [6.45, 7) is 2.10. The van der Waals surface area contributed by atoms with Crippen molar-refractivity contribution in [2.75, 3.05) is 4.90 Å². The monoisotopic (exact) mass is 390 g/mol. The van der Waals surface area contributed by atoms with E-state index in [4.69, 9.17) is 4.74 Å². The van der Waals surface area contributed by atoms with E-state index in [0.29, 0.717) is 11.3 Å². The predicted molar refractivity (Wildman–Crippen MR) is 106 cm³/mol. The number of ether oxygens (including phenoxy) is 1. The fraction of sp³-hybridized carbons (Fsp3) is 0.348. The van der Waals surface area contributed by atoms with Crippen LogP contribution in [0.4, 0.5) is 5.69 Å². The number of rotatable bonds is 4. The van der Waals surface area contributed by atoms with E-state index in [-0.39, 0.29) is 37.3 Å². The van der Waals surface area contributed by atoms with Gasteiger partial charge in [-0.05, 0) is 37.5 Å². The number of nitrogens with zero attached hydrogens (tertiary/aromatic N) is 2. The number of anilines is 1. The van der Waals surface area contributed by atoms with Crippen LogP contribution in [0.1, 0.15) is 47.2 Å². The minimum atomic E-state index is -1.38. The molecule has 0 radical (unpaired) electrons. The van der Waals surface area contributed by atoms with Crippen LogP contribution in [-0.2, 0) is 20.9 Å². The number of esters is 1. The molecular weight excluding hydrogens is 368 g/mol. The fourth-order valence-corrected chi connectivity index (χ4v) is 4.46. The first kappa shape index (κ1) is 17.9. The molecular formula is C23H22N2O4. The van der Waals surface area contributed by atoms with Gasteiger partial charge in [-0.15, -0.1) is 0 Å².